The Morgan fingerprint density at radius 1 is 1.27 bits per heavy atom. The van der Waals surface area contributed by atoms with Crippen LogP contribution in [0.1, 0.15) is 0 Å². The average Bonchev–Trinajstić information content (AvgIpc) is 2.34. The topological polar surface area (TPSA) is 104 Å². The Hall–Kier alpha value is -1.85. The summed E-state index contributed by atoms with van der Waals surface area (Å²) in [6, 6.07) is 0. The van der Waals surface area contributed by atoms with Crippen LogP contribution in [0.4, 0.5) is 11.7 Å². The molecule has 6 heteroatoms. The molecule has 6 nitrogen and oxygen atoms in total. The molecule has 0 saturated carbocycles. The molecule has 4 N–H and O–H groups in total. The Balaban J connectivity index is 2.96. The largest absolute Gasteiger partial charge is 0.383 e. The highest BCUT2D eigenvalue weighted by Gasteiger charge is 2.08. The number of anilines is 2. The summed E-state index contributed by atoms with van der Waals surface area (Å²) in [5.74, 6) is 0.437. The molecule has 0 bridgehead atoms. The van der Waals surface area contributed by atoms with E-state index in [0.29, 0.717) is 11.0 Å². The molecule has 56 valence electrons. The van der Waals surface area contributed by atoms with Crippen LogP contribution in [0.3, 0.4) is 0 Å². The number of rotatable bonds is 0. The second-order valence-electron chi connectivity index (χ2n) is 2.00. The Labute approximate surface area is 61.2 Å². The number of aromatic nitrogens is 3. The van der Waals surface area contributed by atoms with E-state index in [1.54, 1.807) is 0 Å². The van der Waals surface area contributed by atoms with Gasteiger partial charge in [-0.15, -0.1) is 0 Å². The van der Waals surface area contributed by atoms with Gasteiger partial charge in [-0.3, -0.25) is 0 Å². The second-order valence-corrected chi connectivity index (χ2v) is 2.00. The predicted molar refractivity (Wildman–Crippen MR) is 38.4 cm³/mol. The Morgan fingerprint density at radius 3 is 2.82 bits per heavy atom. The summed E-state index contributed by atoms with van der Waals surface area (Å²) in [6.07, 6.45) is 1.31. The van der Waals surface area contributed by atoms with Crippen molar-refractivity contribution in [1.29, 1.82) is 0 Å². The lowest BCUT2D eigenvalue weighted by atomic mass is 10.4. The minimum absolute atomic E-state index is 0.151. The summed E-state index contributed by atoms with van der Waals surface area (Å²) in [7, 11) is 0. The molecule has 0 fully saturated rings. The molecule has 0 radical (unpaired) electrons. The maximum atomic E-state index is 5.47. The van der Waals surface area contributed by atoms with E-state index in [1.807, 2.05) is 0 Å². The van der Waals surface area contributed by atoms with Gasteiger partial charge in [0.15, 0.2) is 0 Å². The van der Waals surface area contributed by atoms with Gasteiger partial charge in [-0.05, 0) is 0 Å². The van der Waals surface area contributed by atoms with Crippen molar-refractivity contribution in [2.75, 3.05) is 11.5 Å². The fourth-order valence-corrected chi connectivity index (χ4v) is 0.833. The van der Waals surface area contributed by atoms with Gasteiger partial charge in [0.1, 0.15) is 17.5 Å². The third kappa shape index (κ3) is 0.689. The van der Waals surface area contributed by atoms with E-state index in [1.165, 1.54) is 6.33 Å². The molecular weight excluding hydrogens is 146 g/mol. The molecule has 0 unspecified atom stereocenters. The second kappa shape index (κ2) is 1.82. The van der Waals surface area contributed by atoms with Crippen molar-refractivity contribution in [3.63, 3.8) is 0 Å². The van der Waals surface area contributed by atoms with Crippen LogP contribution in [-0.4, -0.2) is 15.1 Å². The summed E-state index contributed by atoms with van der Waals surface area (Å²) >= 11 is 0. The van der Waals surface area contributed by atoms with Gasteiger partial charge in [-0.2, -0.15) is 0 Å². The molecule has 0 aromatic carbocycles. The lowest BCUT2D eigenvalue weighted by Crippen LogP contribution is -1.93. The molecule has 2 aromatic heterocycles. The molecule has 0 aliphatic heterocycles. The van der Waals surface area contributed by atoms with E-state index >= 15 is 0 Å². The first-order valence-electron chi connectivity index (χ1n) is 2.90. The Morgan fingerprint density at radius 2 is 2.09 bits per heavy atom. The number of nitrogens with two attached hydrogens (primary N) is 2. The lowest BCUT2D eigenvalue weighted by molar-refractivity contribution is 0.443. The van der Waals surface area contributed by atoms with Crippen LogP contribution in [0, 0.1) is 0 Å². The molecule has 0 atom stereocenters. The molecule has 0 aliphatic carbocycles. The van der Waals surface area contributed by atoms with Gasteiger partial charge in [-0.25, -0.2) is 9.97 Å². The van der Waals surface area contributed by atoms with E-state index in [4.69, 9.17) is 11.5 Å². The normalized spacial score (nSPS) is 10.5. The van der Waals surface area contributed by atoms with E-state index in [9.17, 15) is 0 Å². The number of hydrogen-bond donors (Lipinski definition) is 2. The number of hydrogen-bond acceptors (Lipinski definition) is 6. The quantitative estimate of drug-likeness (QED) is 0.539. The van der Waals surface area contributed by atoms with Crippen LogP contribution in [-0.2, 0) is 0 Å². The van der Waals surface area contributed by atoms with E-state index in [2.05, 4.69) is 19.6 Å². The van der Waals surface area contributed by atoms with Crippen LogP contribution >= 0.6 is 0 Å². The van der Waals surface area contributed by atoms with Crippen LogP contribution in [0.5, 0.6) is 0 Å². The van der Waals surface area contributed by atoms with Crippen LogP contribution in [0.25, 0.3) is 11.0 Å². The third-order valence-corrected chi connectivity index (χ3v) is 1.33. The molecule has 2 heterocycles. The van der Waals surface area contributed by atoms with Crippen molar-refractivity contribution >= 4 is 22.7 Å². The predicted octanol–water partition coefficient (Wildman–Crippen LogP) is -0.218. The lowest BCUT2D eigenvalue weighted by Gasteiger charge is -1.89. The summed E-state index contributed by atoms with van der Waals surface area (Å²) in [5, 5.41) is 4.03. The summed E-state index contributed by atoms with van der Waals surface area (Å²) in [5.41, 5.74) is 11.2. The maximum absolute atomic E-state index is 5.47. The van der Waals surface area contributed by atoms with Gasteiger partial charge in [0.25, 0.3) is 0 Å². The monoisotopic (exact) mass is 151 g/mol. The SMILES string of the molecule is Nc1ncnc2noc(N)c12. The van der Waals surface area contributed by atoms with Crippen LogP contribution in [0.2, 0.25) is 0 Å². The zero-order valence-electron chi connectivity index (χ0n) is 5.48. The Bertz CT molecular complexity index is 395. The molecule has 0 aliphatic rings. The van der Waals surface area contributed by atoms with Crippen LogP contribution < -0.4 is 11.5 Å². The van der Waals surface area contributed by atoms with Crippen molar-refractivity contribution in [2.24, 2.45) is 0 Å². The summed E-state index contributed by atoms with van der Waals surface area (Å²) < 4.78 is 4.64. The van der Waals surface area contributed by atoms with Crippen molar-refractivity contribution in [3.8, 4) is 0 Å². The standard InChI is InChI=1S/C5H5N5O/c6-3-2-4(7)11-10-5(2)9-1-8-3/h1H,7H2,(H2,6,8,9,10). The molecule has 11 heavy (non-hydrogen) atoms. The minimum atomic E-state index is 0.151. The molecule has 2 aromatic rings. The van der Waals surface area contributed by atoms with Crippen molar-refractivity contribution in [1.82, 2.24) is 15.1 Å². The third-order valence-electron chi connectivity index (χ3n) is 1.33. The zero-order chi connectivity index (χ0) is 7.84. The summed E-state index contributed by atoms with van der Waals surface area (Å²) in [6.45, 7) is 0. The van der Waals surface area contributed by atoms with Gasteiger partial charge in [0.05, 0.1) is 0 Å². The first-order chi connectivity index (χ1) is 5.29. The van der Waals surface area contributed by atoms with Crippen molar-refractivity contribution < 1.29 is 4.52 Å². The van der Waals surface area contributed by atoms with Gasteiger partial charge >= 0.3 is 0 Å². The maximum Gasteiger partial charge on any atom is 0.235 e. The molecule has 0 spiro atoms. The minimum Gasteiger partial charge on any atom is -0.383 e. The highest BCUT2D eigenvalue weighted by Crippen LogP contribution is 2.21. The molecule has 0 saturated heterocycles. The number of nitrogens with zero attached hydrogens (tertiary/aromatic N) is 3. The summed E-state index contributed by atoms with van der Waals surface area (Å²) in [4.78, 5) is 7.51. The molecular formula is C5H5N5O. The smallest absolute Gasteiger partial charge is 0.235 e. The highest BCUT2D eigenvalue weighted by molar-refractivity contribution is 5.92. The first kappa shape index (κ1) is 5.90. The zero-order valence-corrected chi connectivity index (χ0v) is 5.48. The van der Waals surface area contributed by atoms with Gasteiger partial charge in [0, 0.05) is 0 Å². The van der Waals surface area contributed by atoms with Crippen LogP contribution in [0.15, 0.2) is 10.9 Å². The Kier molecular flexibility index (Phi) is 0.974. The number of fused-ring (bicyclic) bond motifs is 1. The first-order valence-corrected chi connectivity index (χ1v) is 2.90. The van der Waals surface area contributed by atoms with Crippen molar-refractivity contribution in [2.45, 2.75) is 0 Å². The fraction of sp³-hybridized carbons (Fsp3) is 0. The van der Waals surface area contributed by atoms with E-state index in [-0.39, 0.29) is 11.7 Å². The van der Waals surface area contributed by atoms with E-state index in [0.717, 1.165) is 0 Å². The molecule has 2 rings (SSSR count). The van der Waals surface area contributed by atoms with Gasteiger partial charge < -0.3 is 16.0 Å². The van der Waals surface area contributed by atoms with Gasteiger partial charge in [0.2, 0.25) is 11.5 Å². The average molecular weight is 151 g/mol. The fourth-order valence-electron chi connectivity index (χ4n) is 0.833. The van der Waals surface area contributed by atoms with Crippen molar-refractivity contribution in [3.05, 3.63) is 6.33 Å². The van der Waals surface area contributed by atoms with E-state index < -0.39 is 0 Å². The number of nitrogen functional groups attached to an aromatic ring is 2. The van der Waals surface area contributed by atoms with Gasteiger partial charge in [-0.1, -0.05) is 5.16 Å². The molecule has 0 amide bonds. The highest BCUT2D eigenvalue weighted by atomic mass is 16.5.